The van der Waals surface area contributed by atoms with Crippen molar-refractivity contribution in [2.24, 2.45) is 0 Å². The summed E-state index contributed by atoms with van der Waals surface area (Å²) < 4.78 is 5.49. The number of rotatable bonds is 8. The van der Waals surface area contributed by atoms with Crippen LogP contribution in [-0.2, 0) is 14.3 Å². The first-order valence-corrected chi connectivity index (χ1v) is 6.31. The number of carboxylic acid groups (broad SMARTS) is 1. The van der Waals surface area contributed by atoms with Gasteiger partial charge in [0.05, 0.1) is 12.0 Å². The Morgan fingerprint density at radius 1 is 1.50 bits per heavy atom. The van der Waals surface area contributed by atoms with E-state index in [0.717, 1.165) is 19.5 Å². The number of carbonyl (C=O) groups excluding carboxylic acids is 1. The fraction of sp³-hybridized carbons (Fsp3) is 0.833. The highest BCUT2D eigenvalue weighted by Crippen LogP contribution is 2.14. The number of amides is 1. The monoisotopic (exact) mass is 258 g/mol. The molecule has 1 aliphatic rings. The van der Waals surface area contributed by atoms with E-state index >= 15 is 0 Å². The normalized spacial score (nSPS) is 18.8. The van der Waals surface area contributed by atoms with E-state index < -0.39 is 5.97 Å². The maximum Gasteiger partial charge on any atom is 0.305 e. The average molecular weight is 258 g/mol. The molecular weight excluding hydrogens is 236 g/mol. The summed E-state index contributed by atoms with van der Waals surface area (Å²) in [6.45, 7) is 5.37. The van der Waals surface area contributed by atoms with Gasteiger partial charge in [-0.25, -0.2) is 0 Å². The van der Waals surface area contributed by atoms with Crippen molar-refractivity contribution < 1.29 is 19.4 Å². The summed E-state index contributed by atoms with van der Waals surface area (Å²) in [6.07, 6.45) is 1.45. The highest BCUT2D eigenvalue weighted by molar-refractivity contribution is 5.78. The Morgan fingerprint density at radius 3 is 2.61 bits per heavy atom. The van der Waals surface area contributed by atoms with Crippen LogP contribution in [0, 0.1) is 0 Å². The Labute approximate surface area is 107 Å². The van der Waals surface area contributed by atoms with E-state index in [9.17, 15) is 9.59 Å². The molecule has 1 saturated heterocycles. The Hall–Kier alpha value is -1.14. The Morgan fingerprint density at radius 2 is 2.17 bits per heavy atom. The number of aliphatic carboxylic acids is 1. The van der Waals surface area contributed by atoms with Crippen LogP contribution in [0.4, 0.5) is 0 Å². The molecule has 18 heavy (non-hydrogen) atoms. The highest BCUT2D eigenvalue weighted by atomic mass is 16.5. The van der Waals surface area contributed by atoms with Gasteiger partial charge in [0, 0.05) is 19.1 Å². The maximum absolute atomic E-state index is 11.6. The lowest BCUT2D eigenvalue weighted by Crippen LogP contribution is -2.59. The van der Waals surface area contributed by atoms with E-state index in [4.69, 9.17) is 9.84 Å². The Kier molecular flexibility index (Phi) is 5.55. The van der Waals surface area contributed by atoms with Crippen molar-refractivity contribution in [3.05, 3.63) is 0 Å². The fourth-order valence-corrected chi connectivity index (χ4v) is 1.87. The molecule has 104 valence electrons. The van der Waals surface area contributed by atoms with Crippen LogP contribution in [0.5, 0.6) is 0 Å². The quantitative estimate of drug-likeness (QED) is 0.576. The predicted octanol–water partition coefficient (Wildman–Crippen LogP) is 0.125. The van der Waals surface area contributed by atoms with E-state index in [1.54, 1.807) is 0 Å². The number of carbonyl (C=O) groups is 2. The van der Waals surface area contributed by atoms with Gasteiger partial charge in [0.15, 0.2) is 0 Å². The smallest absolute Gasteiger partial charge is 0.305 e. The van der Waals surface area contributed by atoms with Crippen molar-refractivity contribution in [3.8, 4) is 0 Å². The summed E-state index contributed by atoms with van der Waals surface area (Å²) in [5.41, 5.74) is -0.260. The molecule has 0 spiro atoms. The molecule has 0 aromatic heterocycles. The van der Waals surface area contributed by atoms with Crippen LogP contribution in [0.2, 0.25) is 0 Å². The first kappa shape index (κ1) is 14.9. The summed E-state index contributed by atoms with van der Waals surface area (Å²) in [5.74, 6) is -1.15. The molecule has 1 fully saturated rings. The molecule has 0 bridgehead atoms. The van der Waals surface area contributed by atoms with Gasteiger partial charge in [-0.3, -0.25) is 9.59 Å². The van der Waals surface area contributed by atoms with Crippen LogP contribution < -0.4 is 10.6 Å². The number of nitrogens with one attached hydrogen (secondary N) is 2. The molecule has 0 aromatic carbocycles. The second kappa shape index (κ2) is 6.70. The molecule has 1 atom stereocenters. The Balaban J connectivity index is 2.28. The third-order valence-corrected chi connectivity index (χ3v) is 2.97. The zero-order valence-corrected chi connectivity index (χ0v) is 11.0. The van der Waals surface area contributed by atoms with Crippen molar-refractivity contribution in [1.29, 1.82) is 0 Å². The molecule has 6 nitrogen and oxygen atoms in total. The van der Waals surface area contributed by atoms with Crippen molar-refractivity contribution in [3.63, 3.8) is 0 Å². The molecule has 1 heterocycles. The second-order valence-electron chi connectivity index (χ2n) is 4.99. The van der Waals surface area contributed by atoms with Gasteiger partial charge >= 0.3 is 5.97 Å². The third-order valence-electron chi connectivity index (χ3n) is 2.97. The van der Waals surface area contributed by atoms with Gasteiger partial charge < -0.3 is 20.5 Å². The third kappa shape index (κ3) is 5.01. The minimum Gasteiger partial charge on any atom is -0.481 e. The van der Waals surface area contributed by atoms with Gasteiger partial charge in [-0.1, -0.05) is 13.3 Å². The van der Waals surface area contributed by atoms with Crippen LogP contribution in [-0.4, -0.2) is 48.3 Å². The minimum atomic E-state index is -0.898. The molecule has 1 rings (SSSR count). The molecule has 1 unspecified atom stereocenters. The van der Waals surface area contributed by atoms with Crippen LogP contribution in [0.3, 0.4) is 0 Å². The molecule has 0 saturated carbocycles. The Bertz CT molecular complexity index is 302. The summed E-state index contributed by atoms with van der Waals surface area (Å²) >= 11 is 0. The molecule has 1 aliphatic heterocycles. The van der Waals surface area contributed by atoms with Crippen LogP contribution in [0.1, 0.15) is 33.1 Å². The lowest BCUT2D eigenvalue weighted by Gasteiger charge is -2.38. The van der Waals surface area contributed by atoms with E-state index in [0.29, 0.717) is 6.42 Å². The molecule has 0 aliphatic carbocycles. The van der Waals surface area contributed by atoms with Gasteiger partial charge in [-0.15, -0.1) is 0 Å². The molecule has 6 heteroatoms. The van der Waals surface area contributed by atoms with Crippen LogP contribution >= 0.6 is 0 Å². The molecule has 0 aromatic rings. The largest absolute Gasteiger partial charge is 0.481 e. The highest BCUT2D eigenvalue weighted by Gasteiger charge is 2.33. The molecule has 0 radical (unpaired) electrons. The minimum absolute atomic E-state index is 0.0159. The first-order chi connectivity index (χ1) is 8.45. The number of hydrogen-bond acceptors (Lipinski definition) is 4. The summed E-state index contributed by atoms with van der Waals surface area (Å²) in [5, 5.41) is 14.5. The van der Waals surface area contributed by atoms with Crippen LogP contribution in [0.15, 0.2) is 0 Å². The maximum atomic E-state index is 11.6. The summed E-state index contributed by atoms with van der Waals surface area (Å²) in [6, 6.07) is -0.309. The topological polar surface area (TPSA) is 87.7 Å². The predicted molar refractivity (Wildman–Crippen MR) is 66.3 cm³/mol. The first-order valence-electron chi connectivity index (χ1n) is 6.31. The van der Waals surface area contributed by atoms with Crippen molar-refractivity contribution >= 4 is 11.9 Å². The average Bonchev–Trinajstić information content (AvgIpc) is 2.23. The SMILES string of the molecule is CCCC(CC(=O)O)NC(=O)COC1(C)CNC1. The van der Waals surface area contributed by atoms with E-state index in [-0.39, 0.29) is 30.6 Å². The van der Waals surface area contributed by atoms with E-state index in [1.807, 2.05) is 13.8 Å². The number of ether oxygens (including phenoxy) is 1. The van der Waals surface area contributed by atoms with Gasteiger partial charge in [-0.05, 0) is 13.3 Å². The fourth-order valence-electron chi connectivity index (χ4n) is 1.87. The van der Waals surface area contributed by atoms with Gasteiger partial charge in [0.1, 0.15) is 6.61 Å². The van der Waals surface area contributed by atoms with E-state index in [1.165, 1.54) is 0 Å². The van der Waals surface area contributed by atoms with Gasteiger partial charge in [-0.2, -0.15) is 0 Å². The van der Waals surface area contributed by atoms with Crippen molar-refractivity contribution in [1.82, 2.24) is 10.6 Å². The lowest BCUT2D eigenvalue weighted by molar-refractivity contribution is -0.139. The number of hydrogen-bond donors (Lipinski definition) is 3. The zero-order valence-electron chi connectivity index (χ0n) is 11.0. The molecule has 1 amide bonds. The zero-order chi connectivity index (χ0) is 13.6. The van der Waals surface area contributed by atoms with Crippen LogP contribution in [0.25, 0.3) is 0 Å². The van der Waals surface area contributed by atoms with Crippen molar-refractivity contribution in [2.45, 2.75) is 44.8 Å². The van der Waals surface area contributed by atoms with Gasteiger partial charge in [0.2, 0.25) is 5.91 Å². The standard InChI is InChI=1S/C12H22N2O4/c1-3-4-9(5-11(16)17)14-10(15)6-18-12(2)7-13-8-12/h9,13H,3-8H2,1-2H3,(H,14,15)(H,16,17). The summed E-state index contributed by atoms with van der Waals surface area (Å²) in [7, 11) is 0. The van der Waals surface area contributed by atoms with E-state index in [2.05, 4.69) is 10.6 Å². The lowest BCUT2D eigenvalue weighted by atomic mass is 10.0. The number of carboxylic acids is 1. The second-order valence-corrected chi connectivity index (χ2v) is 4.99. The summed E-state index contributed by atoms with van der Waals surface area (Å²) in [4.78, 5) is 22.3. The molecular formula is C12H22N2O4. The van der Waals surface area contributed by atoms with Crippen molar-refractivity contribution in [2.75, 3.05) is 19.7 Å². The van der Waals surface area contributed by atoms with Gasteiger partial charge in [0.25, 0.3) is 0 Å². The molecule has 3 N–H and O–H groups in total.